The number of aromatic nitrogens is 4. The molecule has 4 aromatic rings. The van der Waals surface area contributed by atoms with Crippen LogP contribution in [0.4, 0.5) is 10.1 Å². The van der Waals surface area contributed by atoms with Crippen LogP contribution >= 0.6 is 0 Å². The zero-order chi connectivity index (χ0) is 17.4. The Hall–Kier alpha value is -3.48. The van der Waals surface area contributed by atoms with E-state index in [1.165, 1.54) is 18.3 Å². The van der Waals surface area contributed by atoms with Crippen LogP contribution in [-0.4, -0.2) is 25.1 Å². The molecule has 0 spiro atoms. The molecule has 1 N–H and O–H groups in total. The van der Waals surface area contributed by atoms with Gasteiger partial charge in [-0.15, -0.1) is 0 Å². The third-order valence-electron chi connectivity index (χ3n) is 3.98. The Bertz CT molecular complexity index is 1080. The summed E-state index contributed by atoms with van der Waals surface area (Å²) in [5, 5.41) is 6.72. The molecule has 0 saturated carbocycles. The van der Waals surface area contributed by atoms with Gasteiger partial charge in [-0.3, -0.25) is 13.9 Å². The minimum atomic E-state index is -0.483. The number of pyridine rings is 1. The molecule has 7 heteroatoms. The number of nitrogens with one attached hydrogen (secondary N) is 1. The molecule has 0 radical (unpaired) electrons. The molecule has 0 unspecified atom stereocenters. The number of fused-ring (bicyclic) bond motifs is 1. The van der Waals surface area contributed by atoms with Gasteiger partial charge in [0.1, 0.15) is 17.2 Å². The minimum Gasteiger partial charge on any atom is -0.318 e. The highest BCUT2D eigenvalue weighted by Gasteiger charge is 2.15. The summed E-state index contributed by atoms with van der Waals surface area (Å²) in [5.74, 6) is -0.908. The number of carbonyl (C=O) groups is 1. The van der Waals surface area contributed by atoms with E-state index in [4.69, 9.17) is 0 Å². The first-order valence-electron chi connectivity index (χ1n) is 7.65. The SMILES string of the molecule is Cn1nccc1-c1ccn2c(C(=O)Nc3ccccc3F)cnc2c1. The second-order valence-corrected chi connectivity index (χ2v) is 5.56. The van der Waals surface area contributed by atoms with Crippen molar-refractivity contribution < 1.29 is 9.18 Å². The third-order valence-corrected chi connectivity index (χ3v) is 3.98. The van der Waals surface area contributed by atoms with Gasteiger partial charge >= 0.3 is 0 Å². The van der Waals surface area contributed by atoms with E-state index in [1.807, 2.05) is 25.2 Å². The molecule has 4 rings (SSSR count). The minimum absolute atomic E-state index is 0.133. The zero-order valence-electron chi connectivity index (χ0n) is 13.3. The van der Waals surface area contributed by atoms with Crippen molar-refractivity contribution in [2.24, 2.45) is 7.05 Å². The topological polar surface area (TPSA) is 64.2 Å². The number of amides is 1. The lowest BCUT2D eigenvalue weighted by molar-refractivity contribution is 0.102. The van der Waals surface area contributed by atoms with Crippen LogP contribution < -0.4 is 5.32 Å². The lowest BCUT2D eigenvalue weighted by atomic mass is 10.2. The molecule has 0 atom stereocenters. The van der Waals surface area contributed by atoms with Gasteiger partial charge in [0.25, 0.3) is 5.91 Å². The predicted molar refractivity (Wildman–Crippen MR) is 91.7 cm³/mol. The van der Waals surface area contributed by atoms with E-state index in [0.717, 1.165) is 11.3 Å². The van der Waals surface area contributed by atoms with Crippen molar-refractivity contribution >= 4 is 17.2 Å². The molecule has 1 amide bonds. The zero-order valence-corrected chi connectivity index (χ0v) is 13.3. The van der Waals surface area contributed by atoms with Crippen molar-refractivity contribution in [1.82, 2.24) is 19.2 Å². The molecule has 0 aliphatic carbocycles. The lowest BCUT2D eigenvalue weighted by Gasteiger charge is -2.07. The average molecular weight is 335 g/mol. The second-order valence-electron chi connectivity index (χ2n) is 5.56. The number of para-hydroxylation sites is 1. The Kier molecular flexibility index (Phi) is 3.53. The summed E-state index contributed by atoms with van der Waals surface area (Å²) in [6.45, 7) is 0. The molecule has 0 saturated heterocycles. The molecule has 0 fully saturated rings. The highest BCUT2D eigenvalue weighted by Crippen LogP contribution is 2.21. The van der Waals surface area contributed by atoms with Crippen LogP contribution in [0.15, 0.2) is 61.1 Å². The Labute approximate surface area is 142 Å². The summed E-state index contributed by atoms with van der Waals surface area (Å²) in [6, 6.07) is 11.7. The van der Waals surface area contributed by atoms with E-state index < -0.39 is 11.7 Å². The number of hydrogen-bond acceptors (Lipinski definition) is 3. The summed E-state index contributed by atoms with van der Waals surface area (Å²) in [5.41, 5.74) is 2.98. The Morgan fingerprint density at radius 2 is 2.04 bits per heavy atom. The van der Waals surface area contributed by atoms with Crippen LogP contribution in [0.3, 0.4) is 0 Å². The Balaban J connectivity index is 1.68. The molecular formula is C18H14FN5O. The van der Waals surface area contributed by atoms with E-state index in [-0.39, 0.29) is 5.69 Å². The van der Waals surface area contributed by atoms with Gasteiger partial charge < -0.3 is 5.32 Å². The van der Waals surface area contributed by atoms with Gasteiger partial charge in [-0.2, -0.15) is 5.10 Å². The molecule has 124 valence electrons. The molecule has 0 aliphatic heterocycles. The van der Waals surface area contributed by atoms with Gasteiger partial charge in [-0.25, -0.2) is 9.37 Å². The number of nitrogens with zero attached hydrogens (tertiary/aromatic N) is 4. The molecule has 25 heavy (non-hydrogen) atoms. The van der Waals surface area contributed by atoms with Crippen molar-refractivity contribution in [3.05, 3.63) is 72.6 Å². The average Bonchev–Trinajstić information content (AvgIpc) is 3.22. The summed E-state index contributed by atoms with van der Waals surface area (Å²) >= 11 is 0. The van der Waals surface area contributed by atoms with Gasteiger partial charge in [-0.05, 0) is 30.3 Å². The maximum Gasteiger partial charge on any atom is 0.274 e. The predicted octanol–water partition coefficient (Wildman–Crippen LogP) is 3.13. The van der Waals surface area contributed by atoms with E-state index in [2.05, 4.69) is 15.4 Å². The van der Waals surface area contributed by atoms with Crippen LogP contribution in [0.25, 0.3) is 16.9 Å². The first kappa shape index (κ1) is 15.1. The Morgan fingerprint density at radius 1 is 1.20 bits per heavy atom. The van der Waals surface area contributed by atoms with Gasteiger partial charge in [0.15, 0.2) is 0 Å². The standard InChI is InChI=1S/C18H14FN5O/c1-23-15(6-8-21-23)12-7-9-24-16(11-20-17(24)10-12)18(25)22-14-5-3-2-4-13(14)19/h2-11H,1H3,(H,22,25). The highest BCUT2D eigenvalue weighted by molar-refractivity contribution is 6.03. The number of carbonyl (C=O) groups excluding carboxylic acids is 1. The Morgan fingerprint density at radius 3 is 2.80 bits per heavy atom. The number of aryl methyl sites for hydroxylation is 1. The number of hydrogen-bond donors (Lipinski definition) is 1. The van der Waals surface area contributed by atoms with E-state index in [1.54, 1.807) is 33.6 Å². The number of benzene rings is 1. The van der Waals surface area contributed by atoms with E-state index >= 15 is 0 Å². The first-order valence-corrected chi connectivity index (χ1v) is 7.65. The molecule has 3 heterocycles. The van der Waals surface area contributed by atoms with Gasteiger partial charge in [0.05, 0.1) is 17.6 Å². The first-order chi connectivity index (χ1) is 12.1. The maximum absolute atomic E-state index is 13.7. The monoisotopic (exact) mass is 335 g/mol. The summed E-state index contributed by atoms with van der Waals surface area (Å²) in [7, 11) is 1.86. The normalized spacial score (nSPS) is 11.0. The highest BCUT2D eigenvalue weighted by atomic mass is 19.1. The van der Waals surface area contributed by atoms with Crippen molar-refractivity contribution in [2.75, 3.05) is 5.32 Å². The maximum atomic E-state index is 13.7. The van der Waals surface area contributed by atoms with Crippen molar-refractivity contribution in [3.8, 4) is 11.3 Å². The number of halogens is 1. The summed E-state index contributed by atoms with van der Waals surface area (Å²) in [4.78, 5) is 16.7. The van der Waals surface area contributed by atoms with E-state index in [0.29, 0.717) is 11.3 Å². The van der Waals surface area contributed by atoms with Gasteiger partial charge in [-0.1, -0.05) is 12.1 Å². The van der Waals surface area contributed by atoms with Crippen molar-refractivity contribution in [3.63, 3.8) is 0 Å². The lowest BCUT2D eigenvalue weighted by Crippen LogP contribution is -2.15. The van der Waals surface area contributed by atoms with Crippen molar-refractivity contribution in [2.45, 2.75) is 0 Å². The van der Waals surface area contributed by atoms with Crippen LogP contribution in [-0.2, 0) is 7.05 Å². The van der Waals surface area contributed by atoms with Gasteiger partial charge in [0.2, 0.25) is 0 Å². The number of anilines is 1. The van der Waals surface area contributed by atoms with Gasteiger partial charge in [0, 0.05) is 25.0 Å². The number of imidazole rings is 1. The fraction of sp³-hybridized carbons (Fsp3) is 0.0556. The third kappa shape index (κ3) is 2.65. The van der Waals surface area contributed by atoms with Crippen LogP contribution in [0, 0.1) is 5.82 Å². The smallest absolute Gasteiger partial charge is 0.274 e. The fourth-order valence-electron chi connectivity index (χ4n) is 2.71. The molecule has 1 aromatic carbocycles. The molecule has 0 bridgehead atoms. The summed E-state index contributed by atoms with van der Waals surface area (Å²) < 4.78 is 17.1. The second kappa shape index (κ2) is 5.86. The van der Waals surface area contributed by atoms with Crippen LogP contribution in [0.2, 0.25) is 0 Å². The molecule has 0 aliphatic rings. The largest absolute Gasteiger partial charge is 0.318 e. The summed E-state index contributed by atoms with van der Waals surface area (Å²) in [6.07, 6.45) is 4.96. The molecule has 6 nitrogen and oxygen atoms in total. The van der Waals surface area contributed by atoms with Crippen LogP contribution in [0.1, 0.15) is 10.5 Å². The molecular weight excluding hydrogens is 321 g/mol. The van der Waals surface area contributed by atoms with Crippen molar-refractivity contribution in [1.29, 1.82) is 0 Å². The quantitative estimate of drug-likeness (QED) is 0.626. The number of rotatable bonds is 3. The van der Waals surface area contributed by atoms with E-state index in [9.17, 15) is 9.18 Å². The fourth-order valence-corrected chi connectivity index (χ4v) is 2.71. The van der Waals surface area contributed by atoms with Crippen LogP contribution in [0.5, 0.6) is 0 Å². The molecule has 3 aromatic heterocycles.